The third kappa shape index (κ3) is 2.22. The Labute approximate surface area is 65.8 Å². The summed E-state index contributed by atoms with van der Waals surface area (Å²) in [5.41, 5.74) is 0. The molecule has 0 fully saturated rings. The average Bonchev–Trinajstić information content (AvgIpc) is 2.12. The van der Waals surface area contributed by atoms with Gasteiger partial charge >= 0.3 is 0 Å². The molecule has 0 aromatic heterocycles. The Morgan fingerprint density at radius 1 is 1.20 bits per heavy atom. The number of hydrogen-bond acceptors (Lipinski definition) is 0. The maximum absolute atomic E-state index is 7.42. The number of rotatable bonds is 2. The van der Waals surface area contributed by atoms with E-state index in [0.29, 0.717) is 6.42 Å². The zero-order chi connectivity index (χ0) is 9.03. The van der Waals surface area contributed by atoms with Crippen LogP contribution in [0.3, 0.4) is 0 Å². The van der Waals surface area contributed by atoms with E-state index < -0.39 is 6.37 Å². The molecule has 1 aliphatic rings. The van der Waals surface area contributed by atoms with Gasteiger partial charge in [-0.15, -0.1) is 0 Å². The van der Waals surface area contributed by atoms with E-state index in [1.165, 1.54) is 0 Å². The van der Waals surface area contributed by atoms with E-state index in [4.69, 9.17) is 2.74 Å². The van der Waals surface area contributed by atoms with Crippen LogP contribution in [0.1, 0.15) is 22.5 Å². The topological polar surface area (TPSA) is 0 Å². The van der Waals surface area contributed by atoms with Crippen LogP contribution >= 0.6 is 0 Å². The quantitative estimate of drug-likeness (QED) is 0.547. The summed E-state index contributed by atoms with van der Waals surface area (Å²) in [5, 5.41) is 0. The lowest BCUT2D eigenvalue weighted by molar-refractivity contribution is 0.691. The van der Waals surface area contributed by atoms with Crippen molar-refractivity contribution in [2.75, 3.05) is 0 Å². The molecule has 0 N–H and O–H groups in total. The van der Waals surface area contributed by atoms with Crippen LogP contribution in [0.5, 0.6) is 0 Å². The minimum Gasteiger partial charge on any atom is -0.0776 e. The molecule has 0 saturated carbocycles. The van der Waals surface area contributed by atoms with E-state index >= 15 is 0 Å². The van der Waals surface area contributed by atoms with Gasteiger partial charge in [0.2, 0.25) is 0 Å². The lowest BCUT2D eigenvalue weighted by Gasteiger charge is -2.02. The SMILES string of the molecule is [2H]C([2H])(C)CC1C=CC=CC=C1. The highest BCUT2D eigenvalue weighted by Crippen LogP contribution is 2.11. The fourth-order valence-electron chi connectivity index (χ4n) is 0.978. The molecular formula is C10H14. The Morgan fingerprint density at radius 2 is 1.80 bits per heavy atom. The van der Waals surface area contributed by atoms with Crippen LogP contribution in [-0.2, 0) is 0 Å². The van der Waals surface area contributed by atoms with Crippen LogP contribution < -0.4 is 0 Å². The molecule has 0 unspecified atom stereocenters. The van der Waals surface area contributed by atoms with E-state index in [-0.39, 0.29) is 5.92 Å². The van der Waals surface area contributed by atoms with Crippen molar-refractivity contribution >= 4 is 0 Å². The van der Waals surface area contributed by atoms with Crippen LogP contribution in [0.2, 0.25) is 0 Å². The predicted molar refractivity (Wildman–Crippen MR) is 45.8 cm³/mol. The van der Waals surface area contributed by atoms with Crippen molar-refractivity contribution in [2.24, 2.45) is 5.92 Å². The van der Waals surface area contributed by atoms with Gasteiger partial charge in [-0.25, -0.2) is 0 Å². The molecule has 1 aliphatic carbocycles. The summed E-state index contributed by atoms with van der Waals surface area (Å²) >= 11 is 0. The highest BCUT2D eigenvalue weighted by molar-refractivity contribution is 5.19. The first-order chi connectivity index (χ1) is 5.58. The van der Waals surface area contributed by atoms with Gasteiger partial charge in [0.15, 0.2) is 0 Å². The van der Waals surface area contributed by atoms with Crippen molar-refractivity contribution in [2.45, 2.75) is 19.7 Å². The summed E-state index contributed by atoms with van der Waals surface area (Å²) in [4.78, 5) is 0. The molecular weight excluding hydrogens is 120 g/mol. The number of hydrogen-bond donors (Lipinski definition) is 0. The minimum atomic E-state index is -1.08. The van der Waals surface area contributed by atoms with Gasteiger partial charge in [0, 0.05) is 2.74 Å². The third-order valence-corrected chi connectivity index (χ3v) is 1.49. The first kappa shape index (κ1) is 4.95. The first-order valence-corrected chi connectivity index (χ1v) is 3.60. The average molecular weight is 136 g/mol. The van der Waals surface area contributed by atoms with Gasteiger partial charge < -0.3 is 0 Å². The molecule has 0 bridgehead atoms. The molecule has 0 atom stereocenters. The Hall–Kier alpha value is -0.780. The van der Waals surface area contributed by atoms with E-state index in [1.807, 2.05) is 36.5 Å². The second-order valence-electron chi connectivity index (χ2n) is 2.38. The molecule has 0 heterocycles. The molecule has 0 saturated heterocycles. The maximum Gasteiger partial charge on any atom is 0.0264 e. The smallest absolute Gasteiger partial charge is 0.0264 e. The van der Waals surface area contributed by atoms with Crippen LogP contribution in [-0.4, -0.2) is 0 Å². The third-order valence-electron chi connectivity index (χ3n) is 1.49. The summed E-state index contributed by atoms with van der Waals surface area (Å²) in [7, 11) is 0. The fourth-order valence-corrected chi connectivity index (χ4v) is 0.978. The molecule has 0 aromatic rings. The molecule has 1 rings (SSSR count). The summed E-state index contributed by atoms with van der Waals surface area (Å²) < 4.78 is 14.8. The Bertz CT molecular complexity index is 202. The Balaban J connectivity index is 2.54. The van der Waals surface area contributed by atoms with Gasteiger partial charge in [-0.05, 0) is 12.3 Å². The lowest BCUT2D eigenvalue weighted by Crippen LogP contribution is -1.88. The van der Waals surface area contributed by atoms with E-state index in [0.717, 1.165) is 0 Å². The van der Waals surface area contributed by atoms with Crippen molar-refractivity contribution < 1.29 is 2.74 Å². The van der Waals surface area contributed by atoms with Crippen molar-refractivity contribution in [3.63, 3.8) is 0 Å². The Kier molecular flexibility index (Phi) is 2.03. The summed E-state index contributed by atoms with van der Waals surface area (Å²) in [5.74, 6) is 0.236. The van der Waals surface area contributed by atoms with Crippen LogP contribution in [0.15, 0.2) is 36.5 Å². The molecule has 0 amide bonds. The summed E-state index contributed by atoms with van der Waals surface area (Å²) in [6, 6.07) is 0. The van der Waals surface area contributed by atoms with E-state index in [2.05, 4.69) is 0 Å². The standard InChI is InChI=1S/C10H14/c1-2-7-10-8-5-3-4-6-9-10/h3-6,8-10H,2,7H2,1H3/i2D2. The van der Waals surface area contributed by atoms with Crippen molar-refractivity contribution in [3.05, 3.63) is 36.5 Å². The molecule has 10 heavy (non-hydrogen) atoms. The molecule has 0 radical (unpaired) electrons. The van der Waals surface area contributed by atoms with Crippen LogP contribution in [0.4, 0.5) is 0 Å². The maximum atomic E-state index is 7.42. The summed E-state index contributed by atoms with van der Waals surface area (Å²) in [6.07, 6.45) is 11.4. The van der Waals surface area contributed by atoms with Crippen molar-refractivity contribution in [1.82, 2.24) is 0 Å². The van der Waals surface area contributed by atoms with Gasteiger partial charge in [-0.1, -0.05) is 49.8 Å². The zero-order valence-corrected chi connectivity index (χ0v) is 6.25. The largest absolute Gasteiger partial charge is 0.0776 e. The minimum absolute atomic E-state index is 0.236. The van der Waals surface area contributed by atoms with E-state index in [9.17, 15) is 0 Å². The number of allylic oxidation sites excluding steroid dienone is 6. The Morgan fingerprint density at radius 3 is 2.30 bits per heavy atom. The van der Waals surface area contributed by atoms with Crippen LogP contribution in [0.25, 0.3) is 0 Å². The fraction of sp³-hybridized carbons (Fsp3) is 0.400. The van der Waals surface area contributed by atoms with Gasteiger partial charge in [0.1, 0.15) is 0 Å². The van der Waals surface area contributed by atoms with Gasteiger partial charge in [-0.3, -0.25) is 0 Å². The predicted octanol–water partition coefficient (Wildman–Crippen LogP) is 3.08. The van der Waals surface area contributed by atoms with Gasteiger partial charge in [0.05, 0.1) is 0 Å². The molecule has 0 heteroatoms. The molecule has 0 aliphatic heterocycles. The molecule has 0 aromatic carbocycles. The highest BCUT2D eigenvalue weighted by Gasteiger charge is 1.96. The van der Waals surface area contributed by atoms with E-state index in [1.54, 1.807) is 6.92 Å². The monoisotopic (exact) mass is 136 g/mol. The lowest BCUT2D eigenvalue weighted by atomic mass is 10.0. The summed E-state index contributed by atoms with van der Waals surface area (Å²) in [6.45, 7) is 1.62. The second kappa shape index (κ2) is 4.10. The first-order valence-electron chi connectivity index (χ1n) is 4.60. The zero-order valence-electron chi connectivity index (χ0n) is 8.25. The van der Waals surface area contributed by atoms with Gasteiger partial charge in [-0.2, -0.15) is 0 Å². The van der Waals surface area contributed by atoms with Crippen LogP contribution in [0, 0.1) is 5.92 Å². The normalized spacial score (nSPS) is 22.1. The highest BCUT2D eigenvalue weighted by atomic mass is 14.0. The molecule has 54 valence electrons. The van der Waals surface area contributed by atoms with Crippen molar-refractivity contribution in [1.29, 1.82) is 0 Å². The van der Waals surface area contributed by atoms with Gasteiger partial charge in [0.25, 0.3) is 0 Å². The molecule has 0 spiro atoms. The second-order valence-corrected chi connectivity index (χ2v) is 2.38. The van der Waals surface area contributed by atoms with Crippen molar-refractivity contribution in [3.8, 4) is 0 Å². The molecule has 0 nitrogen and oxygen atoms in total.